The Hall–Kier alpha value is -1.10. The number of benzene rings is 1. The molecule has 0 aliphatic rings. The molecule has 0 bridgehead atoms. The van der Waals surface area contributed by atoms with E-state index in [-0.39, 0.29) is 0 Å². The number of nitrogens with one attached hydrogen (secondary N) is 1. The van der Waals surface area contributed by atoms with E-state index in [1.165, 1.54) is 5.56 Å². The Labute approximate surface area is 129 Å². The molecule has 0 saturated heterocycles. The van der Waals surface area contributed by atoms with Crippen LogP contribution in [0, 0.1) is 5.92 Å². The number of phenolic OH excluding ortho intramolecular Hbond substituents is 1. The van der Waals surface area contributed by atoms with E-state index in [0.717, 1.165) is 37.3 Å². The van der Waals surface area contributed by atoms with Crippen LogP contribution in [0.2, 0.25) is 0 Å². The van der Waals surface area contributed by atoms with Crippen molar-refractivity contribution in [1.29, 1.82) is 0 Å². The molecule has 0 saturated carbocycles. The molecule has 120 valence electrons. The number of nitrogens with zero attached hydrogens (tertiary/aromatic N) is 2. The Morgan fingerprint density at radius 2 is 1.48 bits per heavy atom. The molecule has 0 atom stereocenters. The lowest BCUT2D eigenvalue weighted by molar-refractivity contribution is 0.368. The summed E-state index contributed by atoms with van der Waals surface area (Å²) >= 11 is 0. The lowest BCUT2D eigenvalue weighted by atomic mass is 10.0. The monoisotopic (exact) mass is 293 g/mol. The number of phenols is 1. The molecule has 0 unspecified atom stereocenters. The van der Waals surface area contributed by atoms with Crippen LogP contribution >= 0.6 is 0 Å². The number of hydrogen-bond acceptors (Lipinski definition) is 4. The van der Waals surface area contributed by atoms with Crippen LogP contribution in [0.1, 0.15) is 30.5 Å². The lowest BCUT2D eigenvalue weighted by Crippen LogP contribution is -2.20. The zero-order chi connectivity index (χ0) is 16.0. The minimum absolute atomic E-state index is 0.435. The molecule has 2 N–H and O–H groups in total. The molecule has 4 nitrogen and oxygen atoms in total. The van der Waals surface area contributed by atoms with Gasteiger partial charge in [0.15, 0.2) is 0 Å². The van der Waals surface area contributed by atoms with Gasteiger partial charge in [-0.05, 0) is 58.3 Å². The maximum absolute atomic E-state index is 10.5. The van der Waals surface area contributed by atoms with Crippen LogP contribution in [0.5, 0.6) is 5.75 Å². The quantitative estimate of drug-likeness (QED) is 0.771. The van der Waals surface area contributed by atoms with E-state index >= 15 is 0 Å². The Morgan fingerprint density at radius 3 is 1.86 bits per heavy atom. The van der Waals surface area contributed by atoms with Crippen molar-refractivity contribution in [3.8, 4) is 5.75 Å². The summed E-state index contributed by atoms with van der Waals surface area (Å²) in [4.78, 5) is 4.17. The van der Waals surface area contributed by atoms with Crippen molar-refractivity contribution in [2.75, 3.05) is 34.7 Å². The third kappa shape index (κ3) is 6.46. The Balaban J connectivity index is 2.95. The van der Waals surface area contributed by atoms with Gasteiger partial charge in [0.2, 0.25) is 0 Å². The Morgan fingerprint density at radius 1 is 1.00 bits per heavy atom. The lowest BCUT2D eigenvalue weighted by Gasteiger charge is -2.18. The van der Waals surface area contributed by atoms with Gasteiger partial charge in [-0.15, -0.1) is 0 Å². The van der Waals surface area contributed by atoms with Crippen LogP contribution in [0.4, 0.5) is 0 Å². The topological polar surface area (TPSA) is 38.7 Å². The van der Waals surface area contributed by atoms with Gasteiger partial charge in [0.1, 0.15) is 5.75 Å². The number of aromatic hydroxyl groups is 1. The van der Waals surface area contributed by atoms with Gasteiger partial charge >= 0.3 is 0 Å². The van der Waals surface area contributed by atoms with Crippen molar-refractivity contribution < 1.29 is 5.11 Å². The van der Waals surface area contributed by atoms with E-state index < -0.39 is 0 Å². The molecule has 0 aromatic heterocycles. The van der Waals surface area contributed by atoms with Crippen molar-refractivity contribution >= 4 is 0 Å². The zero-order valence-electron chi connectivity index (χ0n) is 14.4. The van der Waals surface area contributed by atoms with E-state index in [1.54, 1.807) is 0 Å². The first-order valence-corrected chi connectivity index (χ1v) is 7.63. The molecule has 0 aliphatic heterocycles. The number of rotatable bonds is 8. The van der Waals surface area contributed by atoms with E-state index in [1.807, 2.05) is 28.2 Å². The van der Waals surface area contributed by atoms with Crippen molar-refractivity contribution in [3.63, 3.8) is 0 Å². The second-order valence-corrected chi connectivity index (χ2v) is 6.76. The van der Waals surface area contributed by atoms with Crippen molar-refractivity contribution in [2.45, 2.75) is 33.5 Å². The van der Waals surface area contributed by atoms with Crippen molar-refractivity contribution in [3.05, 3.63) is 28.8 Å². The van der Waals surface area contributed by atoms with Gasteiger partial charge in [-0.3, -0.25) is 0 Å². The fourth-order valence-corrected chi connectivity index (χ4v) is 2.36. The minimum Gasteiger partial charge on any atom is -0.507 e. The summed E-state index contributed by atoms with van der Waals surface area (Å²) in [5, 5.41) is 13.9. The van der Waals surface area contributed by atoms with Gasteiger partial charge in [-0.1, -0.05) is 13.8 Å². The largest absolute Gasteiger partial charge is 0.507 e. The third-order valence-electron chi connectivity index (χ3n) is 3.18. The molecule has 1 aromatic rings. The fourth-order valence-electron chi connectivity index (χ4n) is 2.36. The maximum Gasteiger partial charge on any atom is 0.124 e. The van der Waals surface area contributed by atoms with Crippen molar-refractivity contribution in [1.82, 2.24) is 15.1 Å². The van der Waals surface area contributed by atoms with E-state index in [2.05, 4.69) is 41.1 Å². The Bertz CT molecular complexity index is 411. The van der Waals surface area contributed by atoms with Crippen LogP contribution < -0.4 is 5.32 Å². The molecule has 1 aromatic carbocycles. The fraction of sp³-hybridized carbons (Fsp3) is 0.647. The summed E-state index contributed by atoms with van der Waals surface area (Å²) in [6, 6.07) is 4.23. The zero-order valence-corrected chi connectivity index (χ0v) is 14.4. The normalized spacial score (nSPS) is 11.9. The molecule has 0 fully saturated rings. The molecule has 0 aliphatic carbocycles. The highest BCUT2D eigenvalue weighted by atomic mass is 16.3. The van der Waals surface area contributed by atoms with Crippen LogP contribution in [-0.4, -0.2) is 49.6 Å². The third-order valence-corrected chi connectivity index (χ3v) is 3.18. The first-order chi connectivity index (χ1) is 9.79. The highest BCUT2D eigenvalue weighted by Crippen LogP contribution is 2.26. The van der Waals surface area contributed by atoms with Crippen LogP contribution in [0.3, 0.4) is 0 Å². The molecule has 0 radical (unpaired) electrons. The second-order valence-electron chi connectivity index (χ2n) is 6.76. The average molecular weight is 293 g/mol. The smallest absolute Gasteiger partial charge is 0.124 e. The predicted molar refractivity (Wildman–Crippen MR) is 89.4 cm³/mol. The van der Waals surface area contributed by atoms with Gasteiger partial charge < -0.3 is 20.2 Å². The van der Waals surface area contributed by atoms with E-state index in [0.29, 0.717) is 11.7 Å². The predicted octanol–water partition coefficient (Wildman–Crippen LogP) is 2.26. The van der Waals surface area contributed by atoms with Gasteiger partial charge in [-0.25, -0.2) is 0 Å². The van der Waals surface area contributed by atoms with Crippen LogP contribution in [0.15, 0.2) is 12.1 Å². The van der Waals surface area contributed by atoms with E-state index in [4.69, 9.17) is 0 Å². The summed E-state index contributed by atoms with van der Waals surface area (Å²) < 4.78 is 0. The van der Waals surface area contributed by atoms with Gasteiger partial charge in [0, 0.05) is 30.8 Å². The SMILES string of the molecule is CC(C)CNCc1cc(CN(C)C)c(O)c(CN(C)C)c1. The first kappa shape index (κ1) is 18.0. The molecular formula is C17H31N3O. The molecule has 4 heteroatoms. The van der Waals surface area contributed by atoms with Gasteiger partial charge in [-0.2, -0.15) is 0 Å². The summed E-state index contributed by atoms with van der Waals surface area (Å²) in [7, 11) is 8.09. The summed E-state index contributed by atoms with van der Waals surface area (Å²) in [6.45, 7) is 7.78. The van der Waals surface area contributed by atoms with Gasteiger partial charge in [0.25, 0.3) is 0 Å². The molecule has 0 amide bonds. The van der Waals surface area contributed by atoms with Gasteiger partial charge in [0.05, 0.1) is 0 Å². The summed E-state index contributed by atoms with van der Waals surface area (Å²) in [6.07, 6.45) is 0. The molecular weight excluding hydrogens is 262 g/mol. The molecule has 0 spiro atoms. The molecule has 21 heavy (non-hydrogen) atoms. The minimum atomic E-state index is 0.435. The highest BCUT2D eigenvalue weighted by molar-refractivity contribution is 5.44. The van der Waals surface area contributed by atoms with E-state index in [9.17, 15) is 5.11 Å². The van der Waals surface area contributed by atoms with Crippen LogP contribution in [0.25, 0.3) is 0 Å². The molecule has 1 rings (SSSR count). The summed E-state index contributed by atoms with van der Waals surface area (Å²) in [5.41, 5.74) is 3.24. The maximum atomic E-state index is 10.5. The second kappa shape index (κ2) is 8.37. The Kier molecular flexibility index (Phi) is 7.15. The highest BCUT2D eigenvalue weighted by Gasteiger charge is 2.11. The van der Waals surface area contributed by atoms with Crippen LogP contribution in [-0.2, 0) is 19.6 Å². The standard InChI is InChI=1S/C17H31N3O/c1-13(2)9-18-10-14-7-15(11-19(3)4)17(21)16(8-14)12-20(5)6/h7-8,13,18,21H,9-12H2,1-6H3. The molecule has 0 heterocycles. The summed E-state index contributed by atoms with van der Waals surface area (Å²) in [5.74, 6) is 1.08. The average Bonchev–Trinajstić information content (AvgIpc) is 2.33. The number of hydrogen-bond donors (Lipinski definition) is 2. The first-order valence-electron chi connectivity index (χ1n) is 7.63. The van der Waals surface area contributed by atoms with Crippen molar-refractivity contribution in [2.24, 2.45) is 5.92 Å².